The molecule has 0 radical (unpaired) electrons. The van der Waals surface area contributed by atoms with E-state index in [9.17, 15) is 13.2 Å². The van der Waals surface area contributed by atoms with E-state index in [1.807, 2.05) is 20.8 Å². The Hall–Kier alpha value is -0.560. The maximum absolute atomic E-state index is 12.4. The van der Waals surface area contributed by atoms with Gasteiger partial charge in [-0.05, 0) is 31.1 Å². The number of carbonyl (C=O) groups is 1. The second kappa shape index (κ2) is 5.47. The van der Waals surface area contributed by atoms with Crippen molar-refractivity contribution in [1.29, 1.82) is 0 Å². The zero-order valence-corrected chi connectivity index (χ0v) is 16.2. The van der Waals surface area contributed by atoms with Gasteiger partial charge < -0.3 is 4.90 Å². The fourth-order valence-corrected chi connectivity index (χ4v) is 8.76. The zero-order chi connectivity index (χ0) is 17.3. The molecule has 1 amide bonds. The van der Waals surface area contributed by atoms with Crippen LogP contribution in [0.4, 0.5) is 0 Å². The minimum atomic E-state index is -2.96. The molecule has 0 aromatic rings. The summed E-state index contributed by atoms with van der Waals surface area (Å²) in [7, 11) is -2.96. The molecule has 2 heterocycles. The summed E-state index contributed by atoms with van der Waals surface area (Å²) in [5, 5.41) is 0.831. The summed E-state index contributed by atoms with van der Waals surface area (Å²) in [5.41, 5.74) is -0.502. The van der Waals surface area contributed by atoms with Crippen LogP contribution >= 0.6 is 11.8 Å². The minimum absolute atomic E-state index is 0.0101. The van der Waals surface area contributed by atoms with Crippen molar-refractivity contribution in [3.8, 4) is 0 Å². The van der Waals surface area contributed by atoms with Crippen molar-refractivity contribution in [3.05, 3.63) is 0 Å². The van der Waals surface area contributed by atoms with E-state index in [0.29, 0.717) is 12.0 Å². The topological polar surface area (TPSA) is 66.8 Å². The van der Waals surface area contributed by atoms with E-state index in [-0.39, 0.29) is 28.7 Å². The molecular formula is C17H26N2O3S2. The number of hydrogen-bond acceptors (Lipinski definition) is 4. The Morgan fingerprint density at radius 2 is 1.92 bits per heavy atom. The molecule has 0 spiro atoms. The van der Waals surface area contributed by atoms with Crippen LogP contribution in [0.15, 0.2) is 4.99 Å². The average Bonchev–Trinajstić information content (AvgIpc) is 3.16. The Morgan fingerprint density at radius 1 is 1.17 bits per heavy atom. The van der Waals surface area contributed by atoms with Gasteiger partial charge in [-0.15, -0.1) is 0 Å². The standard InChI is InChI=1S/C17H26N2O3S2/c1-17(2,3)15(20)18-16-19(12-7-10-4-5-11(12)6-10)13-8-24(21,22)9-14(13)23-16/h10-14H,4-9H2,1-3H3/t10-,11-,12+,13-,14+/m0/s1. The number of fused-ring (bicyclic) bond motifs is 3. The van der Waals surface area contributed by atoms with Gasteiger partial charge in [0.2, 0.25) is 0 Å². The second-order valence-electron chi connectivity index (χ2n) is 8.90. The van der Waals surface area contributed by atoms with Crippen molar-refractivity contribution in [2.45, 2.75) is 63.8 Å². The van der Waals surface area contributed by atoms with Gasteiger partial charge in [0.15, 0.2) is 15.0 Å². The highest BCUT2D eigenvalue weighted by atomic mass is 32.2. The smallest absolute Gasteiger partial charge is 0.253 e. The first-order valence-electron chi connectivity index (χ1n) is 8.92. The van der Waals surface area contributed by atoms with Gasteiger partial charge in [-0.3, -0.25) is 4.79 Å². The lowest BCUT2D eigenvalue weighted by atomic mass is 9.93. The highest BCUT2D eigenvalue weighted by Crippen LogP contribution is 2.51. The van der Waals surface area contributed by atoms with Gasteiger partial charge in [-0.1, -0.05) is 39.0 Å². The van der Waals surface area contributed by atoms with Crippen LogP contribution in [0.5, 0.6) is 0 Å². The van der Waals surface area contributed by atoms with Crippen molar-refractivity contribution in [2.75, 3.05) is 11.5 Å². The monoisotopic (exact) mass is 370 g/mol. The van der Waals surface area contributed by atoms with Crippen LogP contribution in [0.1, 0.15) is 46.5 Å². The summed E-state index contributed by atoms with van der Waals surface area (Å²) >= 11 is 1.53. The van der Waals surface area contributed by atoms with E-state index in [1.165, 1.54) is 31.0 Å². The molecule has 24 heavy (non-hydrogen) atoms. The normalized spacial score (nSPS) is 42.0. The molecule has 2 aliphatic heterocycles. The van der Waals surface area contributed by atoms with Crippen molar-refractivity contribution < 1.29 is 13.2 Å². The molecule has 4 fully saturated rings. The van der Waals surface area contributed by atoms with Crippen LogP contribution < -0.4 is 0 Å². The summed E-state index contributed by atoms with van der Waals surface area (Å²) < 4.78 is 24.2. The van der Waals surface area contributed by atoms with Crippen LogP contribution in [0.2, 0.25) is 0 Å². The number of rotatable bonds is 1. The molecule has 7 heteroatoms. The number of nitrogens with zero attached hydrogens (tertiary/aromatic N) is 2. The third kappa shape index (κ3) is 2.81. The van der Waals surface area contributed by atoms with E-state index in [2.05, 4.69) is 9.89 Å². The Bertz CT molecular complexity index is 695. The molecule has 5 nitrogen and oxygen atoms in total. The Kier molecular flexibility index (Phi) is 3.85. The minimum Gasteiger partial charge on any atom is -0.343 e. The number of sulfone groups is 1. The summed E-state index contributed by atoms with van der Waals surface area (Å²) in [6.07, 6.45) is 4.94. The van der Waals surface area contributed by atoms with E-state index in [1.54, 1.807) is 0 Å². The van der Waals surface area contributed by atoms with Gasteiger partial charge in [-0.2, -0.15) is 4.99 Å². The molecular weight excluding hydrogens is 344 g/mol. The molecule has 2 saturated heterocycles. The number of amides is 1. The lowest BCUT2D eigenvalue weighted by Gasteiger charge is -2.36. The summed E-state index contributed by atoms with van der Waals surface area (Å²) in [4.78, 5) is 19.2. The van der Waals surface area contributed by atoms with Crippen LogP contribution in [0, 0.1) is 17.3 Å². The van der Waals surface area contributed by atoms with Gasteiger partial charge in [0.05, 0.1) is 17.5 Å². The SMILES string of the molecule is CC(C)(C)C(=O)N=C1S[C@@H]2CS(=O)(=O)C[C@@H]2N1[C@@H]1C[C@H]2CC[C@H]1C2. The molecule has 0 unspecified atom stereocenters. The number of amidine groups is 1. The third-order valence-corrected chi connectivity index (χ3v) is 9.23. The number of carbonyl (C=O) groups excluding carboxylic acids is 1. The largest absolute Gasteiger partial charge is 0.343 e. The number of hydrogen-bond donors (Lipinski definition) is 0. The third-order valence-electron chi connectivity index (χ3n) is 6.00. The van der Waals surface area contributed by atoms with Crippen LogP contribution in [0.3, 0.4) is 0 Å². The first-order chi connectivity index (χ1) is 11.1. The van der Waals surface area contributed by atoms with Crippen molar-refractivity contribution in [3.63, 3.8) is 0 Å². The van der Waals surface area contributed by atoms with Crippen molar-refractivity contribution in [2.24, 2.45) is 22.2 Å². The second-order valence-corrected chi connectivity index (χ2v) is 12.3. The Balaban J connectivity index is 1.66. The number of thioether (sulfide) groups is 1. The molecule has 5 atom stereocenters. The quantitative estimate of drug-likeness (QED) is 0.709. The molecule has 2 bridgehead atoms. The molecule has 2 aliphatic carbocycles. The predicted molar refractivity (Wildman–Crippen MR) is 96.8 cm³/mol. The average molecular weight is 371 g/mol. The Morgan fingerprint density at radius 3 is 2.50 bits per heavy atom. The number of aliphatic imine (C=N–C) groups is 1. The summed E-state index contributed by atoms with van der Waals surface area (Å²) in [5.74, 6) is 1.76. The summed E-state index contributed by atoms with van der Waals surface area (Å²) in [6, 6.07) is 0.391. The molecule has 134 valence electrons. The van der Waals surface area contributed by atoms with Crippen LogP contribution in [0.25, 0.3) is 0 Å². The van der Waals surface area contributed by atoms with E-state index < -0.39 is 15.3 Å². The molecule has 4 rings (SSSR count). The molecule has 2 saturated carbocycles. The molecule has 0 aromatic heterocycles. The predicted octanol–water partition coefficient (Wildman–Crippen LogP) is 2.32. The molecule has 0 N–H and O–H groups in total. The van der Waals surface area contributed by atoms with Gasteiger partial charge in [0.1, 0.15) is 0 Å². The van der Waals surface area contributed by atoms with Gasteiger partial charge in [0.25, 0.3) is 5.91 Å². The maximum Gasteiger partial charge on any atom is 0.253 e. The fraction of sp³-hybridized carbons (Fsp3) is 0.882. The molecule has 4 aliphatic rings. The van der Waals surface area contributed by atoms with E-state index in [0.717, 1.165) is 17.5 Å². The fourth-order valence-electron chi connectivity index (χ4n) is 4.79. The first kappa shape index (κ1) is 16.9. The maximum atomic E-state index is 12.4. The first-order valence-corrected chi connectivity index (χ1v) is 11.6. The van der Waals surface area contributed by atoms with E-state index >= 15 is 0 Å². The van der Waals surface area contributed by atoms with Gasteiger partial charge >= 0.3 is 0 Å². The van der Waals surface area contributed by atoms with Gasteiger partial charge in [-0.25, -0.2) is 8.42 Å². The lowest BCUT2D eigenvalue weighted by molar-refractivity contribution is -0.124. The zero-order valence-electron chi connectivity index (χ0n) is 14.6. The summed E-state index contributed by atoms with van der Waals surface area (Å²) in [6.45, 7) is 5.64. The van der Waals surface area contributed by atoms with E-state index in [4.69, 9.17) is 0 Å². The van der Waals surface area contributed by atoms with Crippen molar-refractivity contribution in [1.82, 2.24) is 4.90 Å². The molecule has 0 aromatic carbocycles. The van der Waals surface area contributed by atoms with Crippen LogP contribution in [-0.2, 0) is 14.6 Å². The highest BCUT2D eigenvalue weighted by Gasteiger charge is 2.54. The Labute approximate surface area is 148 Å². The van der Waals surface area contributed by atoms with Crippen molar-refractivity contribution >= 4 is 32.7 Å². The van der Waals surface area contributed by atoms with Gasteiger partial charge in [0, 0.05) is 16.7 Å². The highest BCUT2D eigenvalue weighted by molar-refractivity contribution is 8.15. The van der Waals surface area contributed by atoms with Crippen LogP contribution in [-0.4, -0.2) is 53.2 Å². The lowest BCUT2D eigenvalue weighted by Crippen LogP contribution is -2.47.